The van der Waals surface area contributed by atoms with Gasteiger partial charge in [0.15, 0.2) is 0 Å². The van der Waals surface area contributed by atoms with Crippen LogP contribution in [0, 0.1) is 0 Å². The zero-order valence-electron chi connectivity index (χ0n) is 13.8. The van der Waals surface area contributed by atoms with Gasteiger partial charge in [-0.1, -0.05) is 42.5 Å². The zero-order chi connectivity index (χ0) is 17.9. The van der Waals surface area contributed by atoms with Crippen LogP contribution in [-0.2, 0) is 21.5 Å². The number of hydrogen-bond acceptors (Lipinski definition) is 3. The second-order valence-corrected chi connectivity index (χ2v) is 6.15. The van der Waals surface area contributed by atoms with Crippen molar-refractivity contribution in [3.05, 3.63) is 65.7 Å². The molecule has 1 heterocycles. The van der Waals surface area contributed by atoms with E-state index in [1.807, 2.05) is 30.3 Å². The van der Waals surface area contributed by atoms with Crippen molar-refractivity contribution in [1.82, 2.24) is 10.6 Å². The topological polar surface area (TPSA) is 87.3 Å². The Bertz CT molecular complexity index is 820. The lowest BCUT2D eigenvalue weighted by molar-refractivity contribution is -0.123. The van der Waals surface area contributed by atoms with E-state index in [4.69, 9.17) is 0 Å². The largest absolute Gasteiger partial charge is 0.326 e. The van der Waals surface area contributed by atoms with Crippen molar-refractivity contribution >= 4 is 23.5 Å². The predicted octanol–water partition coefficient (Wildman–Crippen LogP) is 2.31. The van der Waals surface area contributed by atoms with Crippen molar-refractivity contribution in [2.24, 2.45) is 0 Å². The molecule has 0 aromatic heterocycles. The molecule has 1 fully saturated rings. The number of aryl methyl sites for hydroxylation is 1. The van der Waals surface area contributed by atoms with Gasteiger partial charge in [-0.05, 0) is 36.6 Å². The number of imide groups is 1. The standard InChI is InChI=1S/C19H19N3O3/c1-19(17(24)21-18(25)22-19)14-8-5-9-15(12-14)20-16(23)11-10-13-6-3-2-4-7-13/h2-9,12H,10-11H2,1H3,(H,20,23)(H2,21,22,24,25)/t19-/m0/s1. The first-order chi connectivity index (χ1) is 12.0. The van der Waals surface area contributed by atoms with Crippen molar-refractivity contribution in [3.8, 4) is 0 Å². The molecule has 0 spiro atoms. The van der Waals surface area contributed by atoms with Crippen LogP contribution in [-0.4, -0.2) is 17.8 Å². The van der Waals surface area contributed by atoms with Crippen LogP contribution in [0.3, 0.4) is 0 Å². The van der Waals surface area contributed by atoms with Gasteiger partial charge in [-0.25, -0.2) is 4.79 Å². The third kappa shape index (κ3) is 3.68. The Morgan fingerprint density at radius 1 is 1.08 bits per heavy atom. The van der Waals surface area contributed by atoms with Crippen LogP contribution >= 0.6 is 0 Å². The van der Waals surface area contributed by atoms with Crippen molar-refractivity contribution in [3.63, 3.8) is 0 Å². The Hall–Kier alpha value is -3.15. The average Bonchev–Trinajstić information content (AvgIpc) is 2.87. The first kappa shape index (κ1) is 16.7. The van der Waals surface area contributed by atoms with E-state index in [0.29, 0.717) is 24.1 Å². The molecule has 1 saturated heterocycles. The Balaban J connectivity index is 1.67. The zero-order valence-corrected chi connectivity index (χ0v) is 13.8. The lowest BCUT2D eigenvalue weighted by Crippen LogP contribution is -2.40. The van der Waals surface area contributed by atoms with Crippen LogP contribution in [0.1, 0.15) is 24.5 Å². The number of amides is 4. The molecule has 1 aliphatic heterocycles. The fourth-order valence-electron chi connectivity index (χ4n) is 2.78. The van der Waals surface area contributed by atoms with E-state index in [0.717, 1.165) is 5.56 Å². The Labute approximate surface area is 145 Å². The minimum Gasteiger partial charge on any atom is -0.326 e. The number of benzene rings is 2. The van der Waals surface area contributed by atoms with E-state index in [1.165, 1.54) is 0 Å². The van der Waals surface area contributed by atoms with Gasteiger partial charge in [-0.15, -0.1) is 0 Å². The summed E-state index contributed by atoms with van der Waals surface area (Å²) in [6.07, 6.45) is 1.02. The highest BCUT2D eigenvalue weighted by Crippen LogP contribution is 2.26. The Morgan fingerprint density at radius 3 is 2.52 bits per heavy atom. The van der Waals surface area contributed by atoms with E-state index in [-0.39, 0.29) is 5.91 Å². The molecule has 3 rings (SSSR count). The molecule has 1 aliphatic rings. The first-order valence-electron chi connectivity index (χ1n) is 8.05. The number of carbonyl (C=O) groups excluding carboxylic acids is 3. The van der Waals surface area contributed by atoms with E-state index >= 15 is 0 Å². The minimum absolute atomic E-state index is 0.105. The maximum Gasteiger partial charge on any atom is 0.322 e. The van der Waals surface area contributed by atoms with Gasteiger partial charge < -0.3 is 10.6 Å². The summed E-state index contributed by atoms with van der Waals surface area (Å²) in [5.41, 5.74) is 1.16. The average molecular weight is 337 g/mol. The van der Waals surface area contributed by atoms with Crippen molar-refractivity contribution in [2.75, 3.05) is 5.32 Å². The molecular weight excluding hydrogens is 318 g/mol. The number of rotatable bonds is 5. The van der Waals surface area contributed by atoms with Crippen LogP contribution in [0.2, 0.25) is 0 Å². The molecule has 1 atom stereocenters. The van der Waals surface area contributed by atoms with Gasteiger partial charge in [-0.2, -0.15) is 0 Å². The van der Waals surface area contributed by atoms with Gasteiger partial charge in [-0.3, -0.25) is 14.9 Å². The summed E-state index contributed by atoms with van der Waals surface area (Å²) < 4.78 is 0. The molecule has 25 heavy (non-hydrogen) atoms. The van der Waals surface area contributed by atoms with Crippen molar-refractivity contribution in [2.45, 2.75) is 25.3 Å². The quantitative estimate of drug-likeness (QED) is 0.732. The number of carbonyl (C=O) groups is 3. The number of urea groups is 1. The molecular formula is C19H19N3O3. The van der Waals surface area contributed by atoms with E-state index < -0.39 is 17.5 Å². The van der Waals surface area contributed by atoms with Crippen LogP contribution in [0.25, 0.3) is 0 Å². The van der Waals surface area contributed by atoms with Crippen molar-refractivity contribution in [1.29, 1.82) is 0 Å². The Morgan fingerprint density at radius 2 is 1.84 bits per heavy atom. The van der Waals surface area contributed by atoms with Gasteiger partial charge in [0.25, 0.3) is 5.91 Å². The third-order valence-corrected chi connectivity index (χ3v) is 4.25. The summed E-state index contributed by atoms with van der Waals surface area (Å²) in [6.45, 7) is 1.63. The molecule has 0 aliphatic carbocycles. The lowest BCUT2D eigenvalue weighted by Gasteiger charge is -2.21. The Kier molecular flexibility index (Phi) is 4.52. The van der Waals surface area contributed by atoms with Crippen LogP contribution in [0.5, 0.6) is 0 Å². The van der Waals surface area contributed by atoms with E-state index in [1.54, 1.807) is 31.2 Å². The highest BCUT2D eigenvalue weighted by atomic mass is 16.2. The summed E-state index contributed by atoms with van der Waals surface area (Å²) in [7, 11) is 0. The summed E-state index contributed by atoms with van der Waals surface area (Å²) in [5, 5.41) is 7.68. The lowest BCUT2D eigenvalue weighted by atomic mass is 9.92. The molecule has 2 aromatic rings. The smallest absolute Gasteiger partial charge is 0.322 e. The molecule has 0 saturated carbocycles. The van der Waals surface area contributed by atoms with Gasteiger partial charge in [0.05, 0.1) is 0 Å². The third-order valence-electron chi connectivity index (χ3n) is 4.25. The summed E-state index contributed by atoms with van der Waals surface area (Å²) in [6, 6.07) is 16.2. The normalized spacial score (nSPS) is 19.2. The van der Waals surface area contributed by atoms with Gasteiger partial charge >= 0.3 is 6.03 Å². The van der Waals surface area contributed by atoms with E-state index in [2.05, 4.69) is 16.0 Å². The highest BCUT2D eigenvalue weighted by molar-refractivity contribution is 6.07. The molecule has 4 amide bonds. The molecule has 6 heteroatoms. The summed E-state index contributed by atoms with van der Waals surface area (Å²) in [4.78, 5) is 35.6. The monoisotopic (exact) mass is 337 g/mol. The molecule has 3 N–H and O–H groups in total. The molecule has 0 unspecified atom stereocenters. The van der Waals surface area contributed by atoms with Crippen molar-refractivity contribution < 1.29 is 14.4 Å². The molecule has 0 bridgehead atoms. The van der Waals surface area contributed by atoms with Gasteiger partial charge in [0.1, 0.15) is 5.54 Å². The number of anilines is 1. The SMILES string of the molecule is C[C@@]1(c2cccc(NC(=O)CCc3ccccc3)c2)NC(=O)NC1=O. The van der Waals surface area contributed by atoms with Gasteiger partial charge in [0, 0.05) is 12.1 Å². The summed E-state index contributed by atoms with van der Waals surface area (Å²) in [5.74, 6) is -0.517. The maximum atomic E-state index is 12.2. The fraction of sp³-hybridized carbons (Fsp3) is 0.211. The molecule has 128 valence electrons. The van der Waals surface area contributed by atoms with Gasteiger partial charge in [0.2, 0.25) is 5.91 Å². The first-order valence-corrected chi connectivity index (χ1v) is 8.05. The van der Waals surface area contributed by atoms with E-state index in [9.17, 15) is 14.4 Å². The van der Waals surface area contributed by atoms with Crippen LogP contribution in [0.4, 0.5) is 10.5 Å². The predicted molar refractivity (Wildman–Crippen MR) is 93.9 cm³/mol. The minimum atomic E-state index is -1.14. The van der Waals surface area contributed by atoms with Crippen LogP contribution < -0.4 is 16.0 Å². The second-order valence-electron chi connectivity index (χ2n) is 6.15. The number of hydrogen-bond donors (Lipinski definition) is 3. The fourth-order valence-corrected chi connectivity index (χ4v) is 2.78. The highest BCUT2D eigenvalue weighted by Gasteiger charge is 2.43. The van der Waals surface area contributed by atoms with Crippen LogP contribution in [0.15, 0.2) is 54.6 Å². The maximum absolute atomic E-state index is 12.2. The molecule has 6 nitrogen and oxygen atoms in total. The summed E-state index contributed by atoms with van der Waals surface area (Å²) >= 11 is 0. The molecule has 2 aromatic carbocycles. The second kappa shape index (κ2) is 6.76. The number of nitrogens with one attached hydrogen (secondary N) is 3. The molecule has 0 radical (unpaired) electrons.